The van der Waals surface area contributed by atoms with Crippen LogP contribution in [0.25, 0.3) is 11.2 Å². The first kappa shape index (κ1) is 18.3. The molecule has 1 aromatic carbocycles. The molecule has 1 N–H and O–H groups in total. The van der Waals surface area contributed by atoms with Crippen LogP contribution in [0.15, 0.2) is 36.8 Å². The van der Waals surface area contributed by atoms with Crippen LogP contribution in [0.4, 0.5) is 0 Å². The molecule has 7 nitrogen and oxygen atoms in total. The van der Waals surface area contributed by atoms with Crippen molar-refractivity contribution in [2.24, 2.45) is 0 Å². The average Bonchev–Trinajstić information content (AvgIpc) is 3.45. The first-order chi connectivity index (χ1) is 13.5. The highest BCUT2D eigenvalue weighted by Gasteiger charge is 2.25. The van der Waals surface area contributed by atoms with E-state index in [1.54, 1.807) is 19.4 Å². The third-order valence-corrected chi connectivity index (χ3v) is 4.66. The third kappa shape index (κ3) is 3.78. The van der Waals surface area contributed by atoms with Crippen LogP contribution in [0.2, 0.25) is 0 Å². The molecule has 7 heteroatoms. The lowest BCUT2D eigenvalue weighted by Crippen LogP contribution is -2.23. The molecule has 1 aliphatic rings. The Kier molecular flexibility index (Phi) is 4.90. The van der Waals surface area contributed by atoms with E-state index >= 15 is 0 Å². The number of carbonyl (C=O) groups is 1. The topological polar surface area (TPSA) is 78.3 Å². The molecule has 0 aliphatic heterocycles. The van der Waals surface area contributed by atoms with Gasteiger partial charge in [-0.05, 0) is 50.5 Å². The number of nitrogens with zero attached hydrogens (tertiary/aromatic N) is 3. The zero-order chi connectivity index (χ0) is 19.7. The molecule has 146 valence electrons. The van der Waals surface area contributed by atoms with Gasteiger partial charge in [0.15, 0.2) is 17.1 Å². The van der Waals surface area contributed by atoms with E-state index in [-0.39, 0.29) is 12.0 Å². The van der Waals surface area contributed by atoms with Crippen molar-refractivity contribution >= 4 is 17.1 Å². The van der Waals surface area contributed by atoms with Gasteiger partial charge in [-0.1, -0.05) is 6.07 Å². The van der Waals surface area contributed by atoms with E-state index in [2.05, 4.69) is 19.9 Å². The molecule has 0 saturated heterocycles. The van der Waals surface area contributed by atoms with Gasteiger partial charge in [-0.2, -0.15) is 0 Å². The normalized spacial score (nSPS) is 13.7. The van der Waals surface area contributed by atoms with Crippen LogP contribution in [-0.2, 0) is 6.54 Å². The van der Waals surface area contributed by atoms with E-state index in [9.17, 15) is 4.79 Å². The quantitative estimate of drug-likeness (QED) is 0.679. The van der Waals surface area contributed by atoms with Gasteiger partial charge in [0, 0.05) is 18.8 Å². The Bertz CT molecular complexity index is 1010. The van der Waals surface area contributed by atoms with Crippen LogP contribution in [0.5, 0.6) is 11.5 Å². The lowest BCUT2D eigenvalue weighted by Gasteiger charge is -2.14. The number of ether oxygens (including phenoxy) is 2. The summed E-state index contributed by atoms with van der Waals surface area (Å²) in [5.74, 6) is 1.15. The highest BCUT2D eigenvalue weighted by molar-refractivity contribution is 5.96. The van der Waals surface area contributed by atoms with E-state index in [1.807, 2.05) is 38.4 Å². The summed E-state index contributed by atoms with van der Waals surface area (Å²) in [6.07, 6.45) is 5.81. The SMILES string of the molecule is COc1cc(CNC(=O)c2cnc3c(c2)ncn3C2CC2)ccc1OC(C)C. The Morgan fingerprint density at radius 1 is 1.25 bits per heavy atom. The molecule has 4 rings (SSSR count). The average molecular weight is 380 g/mol. The predicted molar refractivity (Wildman–Crippen MR) is 106 cm³/mol. The van der Waals surface area contributed by atoms with Gasteiger partial charge >= 0.3 is 0 Å². The van der Waals surface area contributed by atoms with Crippen LogP contribution >= 0.6 is 0 Å². The summed E-state index contributed by atoms with van der Waals surface area (Å²) in [7, 11) is 1.60. The molecule has 0 radical (unpaired) electrons. The summed E-state index contributed by atoms with van der Waals surface area (Å²) in [5.41, 5.74) is 3.01. The zero-order valence-corrected chi connectivity index (χ0v) is 16.3. The number of methoxy groups -OCH3 is 1. The van der Waals surface area contributed by atoms with Gasteiger partial charge in [0.1, 0.15) is 5.52 Å². The smallest absolute Gasteiger partial charge is 0.253 e. The fourth-order valence-electron chi connectivity index (χ4n) is 3.12. The van der Waals surface area contributed by atoms with Crippen molar-refractivity contribution in [2.45, 2.75) is 45.4 Å². The van der Waals surface area contributed by atoms with Crippen molar-refractivity contribution in [2.75, 3.05) is 7.11 Å². The molecular weight excluding hydrogens is 356 g/mol. The fourth-order valence-corrected chi connectivity index (χ4v) is 3.12. The van der Waals surface area contributed by atoms with E-state index in [0.717, 1.165) is 16.7 Å². The second-order valence-electron chi connectivity index (χ2n) is 7.28. The molecule has 1 aliphatic carbocycles. The Morgan fingerprint density at radius 2 is 2.07 bits per heavy atom. The van der Waals surface area contributed by atoms with Crippen LogP contribution in [-0.4, -0.2) is 33.7 Å². The van der Waals surface area contributed by atoms with E-state index in [4.69, 9.17) is 9.47 Å². The Balaban J connectivity index is 1.44. The van der Waals surface area contributed by atoms with Crippen molar-refractivity contribution in [3.05, 3.63) is 47.9 Å². The second kappa shape index (κ2) is 7.50. The highest BCUT2D eigenvalue weighted by Crippen LogP contribution is 2.36. The molecule has 1 fully saturated rings. The highest BCUT2D eigenvalue weighted by atomic mass is 16.5. The van der Waals surface area contributed by atoms with E-state index in [1.165, 1.54) is 12.8 Å². The number of nitrogens with one attached hydrogen (secondary N) is 1. The van der Waals surface area contributed by atoms with Gasteiger partial charge in [0.2, 0.25) is 0 Å². The molecule has 2 heterocycles. The Morgan fingerprint density at radius 3 is 2.79 bits per heavy atom. The first-order valence-corrected chi connectivity index (χ1v) is 9.49. The third-order valence-electron chi connectivity index (χ3n) is 4.66. The molecule has 0 spiro atoms. The van der Waals surface area contributed by atoms with Gasteiger partial charge in [0.05, 0.1) is 25.1 Å². The van der Waals surface area contributed by atoms with Crippen molar-refractivity contribution in [1.29, 1.82) is 0 Å². The number of benzene rings is 1. The largest absolute Gasteiger partial charge is 0.493 e. The van der Waals surface area contributed by atoms with E-state index < -0.39 is 0 Å². The van der Waals surface area contributed by atoms with Crippen LogP contribution in [0.3, 0.4) is 0 Å². The van der Waals surface area contributed by atoms with Crippen molar-refractivity contribution < 1.29 is 14.3 Å². The lowest BCUT2D eigenvalue weighted by atomic mass is 10.2. The maximum absolute atomic E-state index is 12.5. The molecule has 0 unspecified atom stereocenters. The van der Waals surface area contributed by atoms with Crippen molar-refractivity contribution in [3.63, 3.8) is 0 Å². The van der Waals surface area contributed by atoms with Crippen molar-refractivity contribution in [1.82, 2.24) is 19.9 Å². The lowest BCUT2D eigenvalue weighted by molar-refractivity contribution is 0.0950. The monoisotopic (exact) mass is 380 g/mol. The summed E-state index contributed by atoms with van der Waals surface area (Å²) in [6, 6.07) is 7.94. The molecule has 1 saturated carbocycles. The van der Waals surface area contributed by atoms with Gasteiger partial charge in [-0.25, -0.2) is 9.97 Å². The minimum absolute atomic E-state index is 0.0604. The number of hydrogen-bond acceptors (Lipinski definition) is 5. The second-order valence-corrected chi connectivity index (χ2v) is 7.28. The zero-order valence-electron chi connectivity index (χ0n) is 16.3. The number of pyridine rings is 1. The number of carbonyl (C=O) groups excluding carboxylic acids is 1. The molecular formula is C21H24N4O3. The van der Waals surface area contributed by atoms with Gasteiger partial charge in [-0.15, -0.1) is 0 Å². The maximum Gasteiger partial charge on any atom is 0.253 e. The Labute approximate surface area is 163 Å². The van der Waals surface area contributed by atoms with Crippen LogP contribution in [0, 0.1) is 0 Å². The first-order valence-electron chi connectivity index (χ1n) is 9.49. The summed E-state index contributed by atoms with van der Waals surface area (Å²) in [5, 5.41) is 2.92. The molecule has 2 aromatic heterocycles. The summed E-state index contributed by atoms with van der Waals surface area (Å²) in [4.78, 5) is 21.4. The fraction of sp³-hybridized carbons (Fsp3) is 0.381. The van der Waals surface area contributed by atoms with Gasteiger partial charge in [0.25, 0.3) is 5.91 Å². The molecule has 0 atom stereocenters. The minimum atomic E-state index is -0.183. The predicted octanol–water partition coefficient (Wildman–Crippen LogP) is 3.49. The summed E-state index contributed by atoms with van der Waals surface area (Å²) < 4.78 is 13.2. The number of fused-ring (bicyclic) bond motifs is 1. The van der Waals surface area contributed by atoms with Crippen molar-refractivity contribution in [3.8, 4) is 11.5 Å². The standard InChI is InChI=1S/C21H24N4O3/c1-13(2)28-18-7-4-14(8-19(18)27-3)10-23-21(26)15-9-17-20(22-11-15)25(12-24-17)16-5-6-16/h4,7-9,11-13,16H,5-6,10H2,1-3H3,(H,23,26). The molecule has 3 aromatic rings. The molecule has 1 amide bonds. The number of rotatable bonds is 7. The van der Waals surface area contributed by atoms with Gasteiger partial charge < -0.3 is 19.4 Å². The molecule has 28 heavy (non-hydrogen) atoms. The number of aromatic nitrogens is 3. The maximum atomic E-state index is 12.5. The number of imidazole rings is 1. The minimum Gasteiger partial charge on any atom is -0.493 e. The Hall–Kier alpha value is -3.09. The van der Waals surface area contributed by atoms with Gasteiger partial charge in [-0.3, -0.25) is 4.79 Å². The van der Waals surface area contributed by atoms with E-state index in [0.29, 0.717) is 29.6 Å². The molecule has 0 bridgehead atoms. The number of amides is 1. The van der Waals surface area contributed by atoms with Crippen LogP contribution in [0.1, 0.15) is 48.7 Å². The summed E-state index contributed by atoms with van der Waals surface area (Å²) >= 11 is 0. The number of hydrogen-bond donors (Lipinski definition) is 1. The van der Waals surface area contributed by atoms with Crippen LogP contribution < -0.4 is 14.8 Å². The summed E-state index contributed by atoms with van der Waals surface area (Å²) in [6.45, 7) is 4.31.